The summed E-state index contributed by atoms with van der Waals surface area (Å²) in [5, 5.41) is 3.05. The van der Waals surface area contributed by atoms with E-state index in [0.717, 1.165) is 18.2 Å². The second-order valence-corrected chi connectivity index (χ2v) is 4.20. The SMILES string of the molecule is CNCc1ccc(OCc2ccc(F)cc2F)cc1. The Morgan fingerprint density at radius 2 is 1.79 bits per heavy atom. The van der Waals surface area contributed by atoms with Crippen molar-refractivity contribution in [3.8, 4) is 5.75 Å². The van der Waals surface area contributed by atoms with Crippen molar-refractivity contribution in [3.05, 3.63) is 65.2 Å². The van der Waals surface area contributed by atoms with Crippen LogP contribution in [0.3, 0.4) is 0 Å². The largest absolute Gasteiger partial charge is 0.489 e. The monoisotopic (exact) mass is 263 g/mol. The van der Waals surface area contributed by atoms with E-state index in [0.29, 0.717) is 11.3 Å². The molecule has 2 rings (SSSR count). The molecular formula is C15H15F2NO. The van der Waals surface area contributed by atoms with Crippen molar-refractivity contribution < 1.29 is 13.5 Å². The predicted octanol–water partition coefficient (Wildman–Crippen LogP) is 3.26. The maximum atomic E-state index is 13.4. The lowest BCUT2D eigenvalue weighted by atomic mass is 10.2. The maximum Gasteiger partial charge on any atom is 0.132 e. The summed E-state index contributed by atoms with van der Waals surface area (Å²) in [6, 6.07) is 11.0. The van der Waals surface area contributed by atoms with Gasteiger partial charge in [0.2, 0.25) is 0 Å². The van der Waals surface area contributed by atoms with Gasteiger partial charge >= 0.3 is 0 Å². The molecule has 2 aromatic carbocycles. The van der Waals surface area contributed by atoms with Gasteiger partial charge in [-0.1, -0.05) is 12.1 Å². The Kier molecular flexibility index (Phi) is 4.47. The molecule has 0 atom stereocenters. The van der Waals surface area contributed by atoms with Gasteiger partial charge < -0.3 is 10.1 Å². The molecule has 0 aliphatic rings. The number of benzene rings is 2. The zero-order valence-corrected chi connectivity index (χ0v) is 10.6. The number of hydrogen-bond acceptors (Lipinski definition) is 2. The van der Waals surface area contributed by atoms with Gasteiger partial charge in [-0.15, -0.1) is 0 Å². The lowest BCUT2D eigenvalue weighted by molar-refractivity contribution is 0.299. The highest BCUT2D eigenvalue weighted by Crippen LogP contribution is 2.16. The third-order valence-corrected chi connectivity index (χ3v) is 2.71. The highest BCUT2D eigenvalue weighted by atomic mass is 19.1. The van der Waals surface area contributed by atoms with Crippen LogP contribution in [0.25, 0.3) is 0 Å². The molecule has 0 aliphatic carbocycles. The molecule has 0 aliphatic heterocycles. The lowest BCUT2D eigenvalue weighted by Gasteiger charge is -2.08. The molecule has 4 heteroatoms. The summed E-state index contributed by atoms with van der Waals surface area (Å²) in [6.45, 7) is 0.865. The van der Waals surface area contributed by atoms with Gasteiger partial charge in [-0.2, -0.15) is 0 Å². The van der Waals surface area contributed by atoms with E-state index in [-0.39, 0.29) is 6.61 Å². The second-order valence-electron chi connectivity index (χ2n) is 4.20. The van der Waals surface area contributed by atoms with Crippen molar-refractivity contribution >= 4 is 0 Å². The Labute approximate surface area is 111 Å². The van der Waals surface area contributed by atoms with E-state index in [1.54, 1.807) is 0 Å². The number of ether oxygens (including phenoxy) is 1. The smallest absolute Gasteiger partial charge is 0.132 e. The Balaban J connectivity index is 1.98. The van der Waals surface area contributed by atoms with Gasteiger partial charge in [0.05, 0.1) is 0 Å². The molecule has 0 unspecified atom stereocenters. The molecule has 0 spiro atoms. The van der Waals surface area contributed by atoms with E-state index in [4.69, 9.17) is 4.74 Å². The molecule has 100 valence electrons. The summed E-state index contributed by atoms with van der Waals surface area (Å²) in [5.74, 6) is -0.520. The first kappa shape index (κ1) is 13.5. The summed E-state index contributed by atoms with van der Waals surface area (Å²) < 4.78 is 31.6. The molecule has 0 aromatic heterocycles. The van der Waals surface area contributed by atoms with E-state index >= 15 is 0 Å². The lowest BCUT2D eigenvalue weighted by Crippen LogP contribution is -2.04. The average molecular weight is 263 g/mol. The van der Waals surface area contributed by atoms with Crippen molar-refractivity contribution in [1.82, 2.24) is 5.32 Å². The molecule has 0 fully saturated rings. The minimum Gasteiger partial charge on any atom is -0.489 e. The molecule has 0 saturated carbocycles. The second kappa shape index (κ2) is 6.29. The first-order valence-electron chi connectivity index (χ1n) is 5.99. The van der Waals surface area contributed by atoms with Crippen molar-refractivity contribution in [2.75, 3.05) is 7.05 Å². The summed E-state index contributed by atoms with van der Waals surface area (Å²) >= 11 is 0. The van der Waals surface area contributed by atoms with Crippen molar-refractivity contribution in [2.45, 2.75) is 13.2 Å². The molecule has 0 bridgehead atoms. The van der Waals surface area contributed by atoms with Gasteiger partial charge in [0.1, 0.15) is 24.0 Å². The third kappa shape index (κ3) is 3.76. The minimum absolute atomic E-state index is 0.0808. The van der Waals surface area contributed by atoms with Gasteiger partial charge in [0.25, 0.3) is 0 Å². The zero-order chi connectivity index (χ0) is 13.7. The molecule has 19 heavy (non-hydrogen) atoms. The first-order valence-corrected chi connectivity index (χ1v) is 5.99. The fourth-order valence-corrected chi connectivity index (χ4v) is 1.71. The van der Waals surface area contributed by atoms with Crippen LogP contribution in [0.5, 0.6) is 5.75 Å². The van der Waals surface area contributed by atoms with E-state index in [1.165, 1.54) is 12.1 Å². The van der Waals surface area contributed by atoms with Crippen molar-refractivity contribution in [3.63, 3.8) is 0 Å². The molecular weight excluding hydrogens is 248 g/mol. The fraction of sp³-hybridized carbons (Fsp3) is 0.200. The molecule has 0 saturated heterocycles. The standard InChI is InChI=1S/C15H15F2NO/c1-18-9-11-2-6-14(7-3-11)19-10-12-4-5-13(16)8-15(12)17/h2-8,18H,9-10H2,1H3. The highest BCUT2D eigenvalue weighted by Gasteiger charge is 2.04. The van der Waals surface area contributed by atoms with Crippen LogP contribution >= 0.6 is 0 Å². The van der Waals surface area contributed by atoms with E-state index in [9.17, 15) is 8.78 Å². The van der Waals surface area contributed by atoms with Crippen LogP contribution in [0.1, 0.15) is 11.1 Å². The topological polar surface area (TPSA) is 21.3 Å². The van der Waals surface area contributed by atoms with E-state index in [1.807, 2.05) is 31.3 Å². The first-order chi connectivity index (χ1) is 9.19. The van der Waals surface area contributed by atoms with Gasteiger partial charge in [-0.05, 0) is 36.9 Å². The normalized spacial score (nSPS) is 10.5. The predicted molar refractivity (Wildman–Crippen MR) is 69.9 cm³/mol. The number of rotatable bonds is 5. The fourth-order valence-electron chi connectivity index (χ4n) is 1.71. The Bertz CT molecular complexity index is 540. The summed E-state index contributed by atoms with van der Waals surface area (Å²) in [5.41, 5.74) is 1.48. The molecule has 0 amide bonds. The van der Waals surface area contributed by atoms with Crippen LogP contribution in [0, 0.1) is 11.6 Å². The zero-order valence-electron chi connectivity index (χ0n) is 10.6. The Morgan fingerprint density at radius 3 is 2.42 bits per heavy atom. The molecule has 1 N–H and O–H groups in total. The molecule has 0 radical (unpaired) electrons. The molecule has 0 heterocycles. The highest BCUT2D eigenvalue weighted by molar-refractivity contribution is 5.28. The Hall–Kier alpha value is -1.94. The minimum atomic E-state index is -0.591. The van der Waals surface area contributed by atoms with E-state index in [2.05, 4.69) is 5.32 Å². The van der Waals surface area contributed by atoms with Gasteiger partial charge in [0, 0.05) is 18.2 Å². The summed E-state index contributed by atoms with van der Waals surface area (Å²) in [4.78, 5) is 0. The van der Waals surface area contributed by atoms with Gasteiger partial charge in [-0.3, -0.25) is 0 Å². The van der Waals surface area contributed by atoms with Crippen LogP contribution in [0.4, 0.5) is 8.78 Å². The van der Waals surface area contributed by atoms with Crippen LogP contribution in [-0.4, -0.2) is 7.05 Å². The number of hydrogen-bond donors (Lipinski definition) is 1. The van der Waals surface area contributed by atoms with Crippen molar-refractivity contribution in [1.29, 1.82) is 0 Å². The molecule has 2 nitrogen and oxygen atoms in total. The Morgan fingerprint density at radius 1 is 1.05 bits per heavy atom. The quantitative estimate of drug-likeness (QED) is 0.894. The van der Waals surface area contributed by atoms with Crippen molar-refractivity contribution in [2.24, 2.45) is 0 Å². The van der Waals surface area contributed by atoms with Crippen LogP contribution in [-0.2, 0) is 13.2 Å². The van der Waals surface area contributed by atoms with Gasteiger partial charge in [-0.25, -0.2) is 8.78 Å². The summed E-state index contributed by atoms with van der Waals surface area (Å²) in [6.07, 6.45) is 0. The number of halogens is 2. The number of nitrogens with one attached hydrogen (secondary N) is 1. The van der Waals surface area contributed by atoms with Crippen LogP contribution in [0.2, 0.25) is 0 Å². The van der Waals surface area contributed by atoms with Crippen LogP contribution < -0.4 is 10.1 Å². The third-order valence-electron chi connectivity index (χ3n) is 2.71. The average Bonchev–Trinajstić information content (AvgIpc) is 2.40. The maximum absolute atomic E-state index is 13.4. The van der Waals surface area contributed by atoms with Gasteiger partial charge in [0.15, 0.2) is 0 Å². The summed E-state index contributed by atoms with van der Waals surface area (Å²) in [7, 11) is 1.88. The molecule has 2 aromatic rings. The van der Waals surface area contributed by atoms with E-state index < -0.39 is 11.6 Å². The van der Waals surface area contributed by atoms with Crippen LogP contribution in [0.15, 0.2) is 42.5 Å².